The van der Waals surface area contributed by atoms with Crippen LogP contribution in [0.3, 0.4) is 0 Å². The number of furan rings is 1. The summed E-state index contributed by atoms with van der Waals surface area (Å²) in [6, 6.07) is 5.47. The van der Waals surface area contributed by atoms with Gasteiger partial charge >= 0.3 is 6.09 Å². The predicted octanol–water partition coefficient (Wildman–Crippen LogP) is 2.87. The van der Waals surface area contributed by atoms with E-state index in [0.717, 1.165) is 16.7 Å². The zero-order valence-corrected chi connectivity index (χ0v) is 20.8. The molecule has 2 amide bonds. The number of carbonyl (C=O) groups is 2. The number of hydrogen-bond acceptors (Lipinski definition) is 8. The Labute approximate surface area is 207 Å². The van der Waals surface area contributed by atoms with Crippen LogP contribution >= 0.6 is 11.3 Å². The first-order valence-corrected chi connectivity index (χ1v) is 13.9. The highest BCUT2D eigenvalue weighted by molar-refractivity contribution is 7.88. The third-order valence-corrected chi connectivity index (χ3v) is 7.84. The Morgan fingerprint density at radius 1 is 1.31 bits per heavy atom. The van der Waals surface area contributed by atoms with Gasteiger partial charge in [0.1, 0.15) is 22.9 Å². The summed E-state index contributed by atoms with van der Waals surface area (Å²) in [5, 5.41) is 12.9. The van der Waals surface area contributed by atoms with Gasteiger partial charge in [0.25, 0.3) is 0 Å². The number of anilines is 1. The van der Waals surface area contributed by atoms with Crippen LogP contribution in [0.1, 0.15) is 41.0 Å². The molecule has 1 aliphatic heterocycles. The molecule has 1 saturated heterocycles. The van der Waals surface area contributed by atoms with Crippen molar-refractivity contribution in [2.45, 2.75) is 44.2 Å². The molecule has 0 aromatic carbocycles. The van der Waals surface area contributed by atoms with Gasteiger partial charge in [-0.05, 0) is 49.5 Å². The van der Waals surface area contributed by atoms with Gasteiger partial charge in [0.15, 0.2) is 0 Å². The molecule has 10 nitrogen and oxygen atoms in total. The van der Waals surface area contributed by atoms with E-state index >= 15 is 0 Å². The van der Waals surface area contributed by atoms with Gasteiger partial charge < -0.3 is 19.4 Å². The maximum Gasteiger partial charge on any atom is 0.410 e. The maximum atomic E-state index is 12.7. The fraction of sp³-hybridized carbons (Fsp3) is 0.435. The summed E-state index contributed by atoms with van der Waals surface area (Å²) in [5.41, 5.74) is 1.35. The molecule has 1 aliphatic carbocycles. The van der Waals surface area contributed by atoms with E-state index in [1.807, 2.05) is 0 Å². The van der Waals surface area contributed by atoms with Crippen LogP contribution in [-0.4, -0.2) is 56.8 Å². The van der Waals surface area contributed by atoms with E-state index in [4.69, 9.17) is 9.15 Å². The van der Waals surface area contributed by atoms with E-state index in [9.17, 15) is 23.3 Å². The number of piperidine rings is 1. The number of hydrogen-bond donors (Lipinski definition) is 2. The lowest BCUT2D eigenvalue weighted by Crippen LogP contribution is -2.47. The molecule has 186 valence electrons. The van der Waals surface area contributed by atoms with Gasteiger partial charge in [0.2, 0.25) is 15.9 Å². The number of carbonyl (C=O) groups excluding carboxylic acids is 2. The van der Waals surface area contributed by atoms with Crippen LogP contribution in [0.4, 0.5) is 9.80 Å². The molecule has 2 aromatic rings. The minimum atomic E-state index is -3.28. The number of likely N-dealkylation sites (tertiary alicyclic amines) is 1. The van der Waals surface area contributed by atoms with Gasteiger partial charge in [0.05, 0.1) is 18.1 Å². The van der Waals surface area contributed by atoms with E-state index in [2.05, 4.69) is 16.1 Å². The molecule has 0 saturated carbocycles. The number of amides is 2. The van der Waals surface area contributed by atoms with Gasteiger partial charge in [0, 0.05) is 36.5 Å². The van der Waals surface area contributed by atoms with Crippen molar-refractivity contribution >= 4 is 44.4 Å². The molecule has 35 heavy (non-hydrogen) atoms. The average molecular weight is 519 g/mol. The van der Waals surface area contributed by atoms with Crippen molar-refractivity contribution in [3.05, 3.63) is 46.2 Å². The highest BCUT2D eigenvalue weighted by Gasteiger charge is 2.31. The second-order valence-corrected chi connectivity index (χ2v) is 11.4. The lowest BCUT2D eigenvalue weighted by Gasteiger charge is -2.33. The molecular formula is C23H26N4O6S2. The summed E-state index contributed by atoms with van der Waals surface area (Å²) in [5.74, 6) is 0.180. The Hall–Kier alpha value is -3.14. The lowest BCUT2D eigenvalue weighted by atomic mass is 9.94. The third kappa shape index (κ3) is 6.50. The smallest absolute Gasteiger partial charge is 0.410 e. The van der Waals surface area contributed by atoms with Gasteiger partial charge in [-0.15, -0.1) is 11.3 Å². The van der Waals surface area contributed by atoms with Gasteiger partial charge in [-0.25, -0.2) is 17.9 Å². The van der Waals surface area contributed by atoms with Crippen LogP contribution < -0.4 is 10.0 Å². The molecule has 12 heteroatoms. The molecule has 2 N–H and O–H groups in total. The number of nitriles is 1. The van der Waals surface area contributed by atoms with Crippen molar-refractivity contribution in [1.29, 1.82) is 5.26 Å². The highest BCUT2D eigenvalue weighted by atomic mass is 32.2. The lowest BCUT2D eigenvalue weighted by molar-refractivity contribution is -0.111. The molecule has 1 atom stereocenters. The second-order valence-electron chi connectivity index (χ2n) is 8.56. The van der Waals surface area contributed by atoms with Crippen LogP contribution in [0.2, 0.25) is 0 Å². The Bertz CT molecular complexity index is 1250. The monoisotopic (exact) mass is 518 g/mol. The molecule has 2 aromatic heterocycles. The number of rotatable bonds is 6. The van der Waals surface area contributed by atoms with Gasteiger partial charge in [-0.2, -0.15) is 5.26 Å². The maximum absolute atomic E-state index is 12.7. The Morgan fingerprint density at radius 3 is 2.74 bits per heavy atom. The Kier molecular flexibility index (Phi) is 7.59. The molecule has 0 radical (unpaired) electrons. The number of sulfonamides is 1. The zero-order valence-electron chi connectivity index (χ0n) is 19.2. The Balaban J connectivity index is 1.33. The van der Waals surface area contributed by atoms with E-state index in [1.54, 1.807) is 23.1 Å². The van der Waals surface area contributed by atoms with Gasteiger partial charge in [-0.1, -0.05) is 0 Å². The molecular weight excluding hydrogens is 492 g/mol. The van der Waals surface area contributed by atoms with Crippen molar-refractivity contribution < 1.29 is 27.2 Å². The van der Waals surface area contributed by atoms with E-state index < -0.39 is 16.1 Å². The summed E-state index contributed by atoms with van der Waals surface area (Å²) >= 11 is 1.33. The number of nitrogens with zero attached hydrogens (tertiary/aromatic N) is 2. The summed E-state index contributed by atoms with van der Waals surface area (Å²) in [4.78, 5) is 27.5. The number of nitrogens with one attached hydrogen (secondary N) is 2. The fourth-order valence-electron chi connectivity index (χ4n) is 4.26. The SMILES string of the molecule is CS(=O)(=O)NC1CCN(C(=O)OC2CCc3c(sc(NC(=O)C=Cc4ccco4)c3C#N)C2)CC1. The standard InChI is InChI=1S/C23H26N4O6S2/c1-35(30,31)26-15-8-10-27(11-9-15)23(29)33-17-4-6-18-19(14-24)22(34-20(18)13-17)25-21(28)7-5-16-3-2-12-32-16/h2-3,5,7,12,15,17,26H,4,6,8-11,13H2,1H3,(H,25,28). The molecule has 1 fully saturated rings. The topological polar surface area (TPSA) is 142 Å². The molecule has 2 aliphatic rings. The summed E-state index contributed by atoms with van der Waals surface area (Å²) in [6.45, 7) is 0.840. The molecule has 0 spiro atoms. The fourth-order valence-corrected chi connectivity index (χ4v) is 6.37. The van der Waals surface area contributed by atoms with Crippen molar-refractivity contribution in [3.8, 4) is 6.07 Å². The number of ether oxygens (including phenoxy) is 1. The van der Waals surface area contributed by atoms with Crippen LogP contribution in [-0.2, 0) is 32.4 Å². The zero-order chi connectivity index (χ0) is 25.0. The molecule has 1 unspecified atom stereocenters. The van der Waals surface area contributed by atoms with Crippen molar-refractivity contribution in [1.82, 2.24) is 9.62 Å². The van der Waals surface area contributed by atoms with Crippen molar-refractivity contribution in [2.24, 2.45) is 0 Å². The first-order valence-electron chi connectivity index (χ1n) is 11.2. The van der Waals surface area contributed by atoms with E-state index in [0.29, 0.717) is 61.5 Å². The van der Waals surface area contributed by atoms with Crippen molar-refractivity contribution in [3.63, 3.8) is 0 Å². The van der Waals surface area contributed by atoms with Crippen molar-refractivity contribution in [2.75, 3.05) is 24.7 Å². The predicted molar refractivity (Wildman–Crippen MR) is 130 cm³/mol. The average Bonchev–Trinajstić information content (AvgIpc) is 3.44. The van der Waals surface area contributed by atoms with Crippen LogP contribution in [0, 0.1) is 11.3 Å². The normalized spacial score (nSPS) is 18.7. The summed E-state index contributed by atoms with van der Waals surface area (Å²) < 4.78 is 36.3. The van der Waals surface area contributed by atoms with E-state index in [-0.39, 0.29) is 18.1 Å². The second kappa shape index (κ2) is 10.6. The summed E-state index contributed by atoms with van der Waals surface area (Å²) in [6.07, 6.45) is 7.50. The number of thiophene rings is 1. The first kappa shape index (κ1) is 25.0. The minimum absolute atomic E-state index is 0.177. The van der Waals surface area contributed by atoms with Crippen LogP contribution in [0.25, 0.3) is 6.08 Å². The molecule has 0 bridgehead atoms. The molecule has 3 heterocycles. The molecule has 4 rings (SSSR count). The third-order valence-electron chi connectivity index (χ3n) is 5.91. The van der Waals surface area contributed by atoms with Crippen LogP contribution in [0.5, 0.6) is 0 Å². The number of fused-ring (bicyclic) bond motifs is 1. The largest absolute Gasteiger partial charge is 0.465 e. The van der Waals surface area contributed by atoms with E-state index in [1.165, 1.54) is 23.7 Å². The van der Waals surface area contributed by atoms with Gasteiger partial charge in [-0.3, -0.25) is 4.79 Å². The first-order chi connectivity index (χ1) is 16.7. The quantitative estimate of drug-likeness (QED) is 0.560. The highest BCUT2D eigenvalue weighted by Crippen LogP contribution is 2.38. The Morgan fingerprint density at radius 2 is 2.09 bits per heavy atom. The minimum Gasteiger partial charge on any atom is -0.465 e. The summed E-state index contributed by atoms with van der Waals surface area (Å²) in [7, 11) is -3.28. The van der Waals surface area contributed by atoms with Crippen LogP contribution in [0.15, 0.2) is 28.9 Å².